The molecule has 31 heavy (non-hydrogen) atoms. The molecule has 0 radical (unpaired) electrons. The fourth-order valence-corrected chi connectivity index (χ4v) is 4.44. The smallest absolute Gasteiger partial charge is 0.277 e. The summed E-state index contributed by atoms with van der Waals surface area (Å²) in [6, 6.07) is 18.4. The van der Waals surface area contributed by atoms with E-state index in [1.807, 2.05) is 42.2 Å². The fourth-order valence-electron chi connectivity index (χ4n) is 3.75. The van der Waals surface area contributed by atoms with Crippen LogP contribution in [-0.2, 0) is 17.8 Å². The highest BCUT2D eigenvalue weighted by atomic mass is 32.2. The minimum absolute atomic E-state index is 0.124. The van der Waals surface area contributed by atoms with E-state index in [9.17, 15) is 4.79 Å². The molecule has 4 rings (SSSR count). The standard InChI is InChI=1S/C24H27N3O3S/c1-18-6-5-9-21(14-18)29-16-22-25-26-24(30-22)31-17-23(28)27-12-10-20(11-13-27)15-19-7-3-2-4-8-19/h2-9,14,20H,10-13,15-17H2,1H3. The van der Waals surface area contributed by atoms with E-state index in [4.69, 9.17) is 9.15 Å². The zero-order valence-corrected chi connectivity index (χ0v) is 18.5. The molecule has 1 aromatic heterocycles. The molecule has 0 spiro atoms. The number of carbonyl (C=O) groups excluding carboxylic acids is 1. The number of likely N-dealkylation sites (tertiary alicyclic amines) is 1. The molecule has 0 atom stereocenters. The number of aromatic nitrogens is 2. The van der Waals surface area contributed by atoms with Crippen LogP contribution in [0.5, 0.6) is 5.75 Å². The number of benzene rings is 2. The third kappa shape index (κ3) is 6.34. The summed E-state index contributed by atoms with van der Waals surface area (Å²) in [4.78, 5) is 14.5. The molecule has 6 nitrogen and oxygen atoms in total. The molecule has 0 bridgehead atoms. The van der Waals surface area contributed by atoms with Crippen molar-refractivity contribution >= 4 is 17.7 Å². The number of rotatable bonds is 8. The van der Waals surface area contributed by atoms with Crippen molar-refractivity contribution in [2.24, 2.45) is 5.92 Å². The molecular formula is C24H27N3O3S. The zero-order valence-electron chi connectivity index (χ0n) is 17.7. The monoisotopic (exact) mass is 437 g/mol. The van der Waals surface area contributed by atoms with Gasteiger partial charge in [-0.25, -0.2) is 0 Å². The number of hydrogen-bond acceptors (Lipinski definition) is 6. The van der Waals surface area contributed by atoms with Crippen molar-refractivity contribution in [2.75, 3.05) is 18.8 Å². The lowest BCUT2D eigenvalue weighted by molar-refractivity contribution is -0.129. The van der Waals surface area contributed by atoms with Gasteiger partial charge in [-0.05, 0) is 55.4 Å². The summed E-state index contributed by atoms with van der Waals surface area (Å²) in [5.41, 5.74) is 2.50. The second-order valence-corrected chi connectivity index (χ2v) is 8.80. The molecule has 1 aliphatic heterocycles. The lowest BCUT2D eigenvalue weighted by Crippen LogP contribution is -2.39. The molecule has 0 saturated carbocycles. The van der Waals surface area contributed by atoms with Gasteiger partial charge in [0.2, 0.25) is 5.91 Å². The Bertz CT molecular complexity index is 984. The van der Waals surface area contributed by atoms with E-state index in [0.717, 1.165) is 43.7 Å². The zero-order chi connectivity index (χ0) is 21.5. The Labute approximate surface area is 187 Å². The first kappa shape index (κ1) is 21.4. The summed E-state index contributed by atoms with van der Waals surface area (Å²) in [6.07, 6.45) is 3.19. The number of aryl methyl sites for hydroxylation is 1. The van der Waals surface area contributed by atoms with Crippen LogP contribution in [0.4, 0.5) is 0 Å². The predicted molar refractivity (Wildman–Crippen MR) is 120 cm³/mol. The quantitative estimate of drug-likeness (QED) is 0.482. The Kier molecular flexibility index (Phi) is 7.25. The third-order valence-electron chi connectivity index (χ3n) is 5.45. The van der Waals surface area contributed by atoms with E-state index in [2.05, 4.69) is 34.5 Å². The molecule has 1 saturated heterocycles. The first-order chi connectivity index (χ1) is 15.2. The highest BCUT2D eigenvalue weighted by molar-refractivity contribution is 7.99. The largest absolute Gasteiger partial charge is 0.484 e. The van der Waals surface area contributed by atoms with Gasteiger partial charge in [0.25, 0.3) is 11.1 Å². The molecule has 1 aliphatic rings. The van der Waals surface area contributed by atoms with E-state index in [1.54, 1.807) is 0 Å². The Balaban J connectivity index is 1.18. The first-order valence-corrected chi connectivity index (χ1v) is 11.6. The Morgan fingerprint density at radius 2 is 1.94 bits per heavy atom. The third-order valence-corrected chi connectivity index (χ3v) is 6.26. The molecule has 0 unspecified atom stereocenters. The number of amides is 1. The molecule has 1 amide bonds. The summed E-state index contributed by atoms with van der Waals surface area (Å²) in [6.45, 7) is 3.85. The maximum Gasteiger partial charge on any atom is 0.277 e. The minimum atomic E-state index is 0.124. The van der Waals surface area contributed by atoms with Gasteiger partial charge >= 0.3 is 0 Å². The number of nitrogens with zero attached hydrogens (tertiary/aromatic N) is 3. The van der Waals surface area contributed by atoms with Crippen molar-refractivity contribution in [1.82, 2.24) is 15.1 Å². The van der Waals surface area contributed by atoms with Crippen LogP contribution in [0.2, 0.25) is 0 Å². The van der Waals surface area contributed by atoms with E-state index < -0.39 is 0 Å². The number of ether oxygens (including phenoxy) is 1. The molecule has 0 aliphatic carbocycles. The summed E-state index contributed by atoms with van der Waals surface area (Å²) >= 11 is 1.28. The van der Waals surface area contributed by atoms with Crippen molar-refractivity contribution in [3.63, 3.8) is 0 Å². The van der Waals surface area contributed by atoms with Gasteiger partial charge in [-0.15, -0.1) is 10.2 Å². The van der Waals surface area contributed by atoms with Gasteiger partial charge in [0.05, 0.1) is 5.75 Å². The van der Waals surface area contributed by atoms with Gasteiger partial charge < -0.3 is 14.1 Å². The maximum atomic E-state index is 12.6. The van der Waals surface area contributed by atoms with Crippen molar-refractivity contribution in [3.05, 3.63) is 71.6 Å². The van der Waals surface area contributed by atoms with Crippen LogP contribution in [0.15, 0.2) is 64.2 Å². The number of thioether (sulfide) groups is 1. The lowest BCUT2D eigenvalue weighted by atomic mass is 9.90. The molecule has 3 aromatic rings. The molecule has 2 aromatic carbocycles. The minimum Gasteiger partial charge on any atom is -0.484 e. The molecule has 7 heteroatoms. The number of hydrogen-bond donors (Lipinski definition) is 0. The number of piperidine rings is 1. The van der Waals surface area contributed by atoms with Crippen LogP contribution in [0.1, 0.15) is 29.9 Å². The first-order valence-electron chi connectivity index (χ1n) is 10.6. The Hall–Kier alpha value is -2.80. The van der Waals surface area contributed by atoms with Crippen LogP contribution >= 0.6 is 11.8 Å². The number of carbonyl (C=O) groups is 1. The lowest BCUT2D eigenvalue weighted by Gasteiger charge is -2.32. The van der Waals surface area contributed by atoms with Crippen molar-refractivity contribution < 1.29 is 13.9 Å². The van der Waals surface area contributed by atoms with Crippen LogP contribution in [0.25, 0.3) is 0 Å². The van der Waals surface area contributed by atoms with E-state index in [0.29, 0.717) is 22.8 Å². The molecule has 1 fully saturated rings. The van der Waals surface area contributed by atoms with Gasteiger partial charge in [0, 0.05) is 13.1 Å². The Morgan fingerprint density at radius 1 is 1.13 bits per heavy atom. The van der Waals surface area contributed by atoms with Crippen molar-refractivity contribution in [2.45, 2.75) is 38.0 Å². The van der Waals surface area contributed by atoms with Crippen molar-refractivity contribution in [1.29, 1.82) is 0 Å². The second-order valence-electron chi connectivity index (χ2n) is 7.87. The Morgan fingerprint density at radius 3 is 2.71 bits per heavy atom. The van der Waals surface area contributed by atoms with Gasteiger partial charge in [-0.1, -0.05) is 54.2 Å². The highest BCUT2D eigenvalue weighted by Gasteiger charge is 2.23. The highest BCUT2D eigenvalue weighted by Crippen LogP contribution is 2.24. The fraction of sp³-hybridized carbons (Fsp3) is 0.375. The van der Waals surface area contributed by atoms with Crippen LogP contribution in [0, 0.1) is 12.8 Å². The summed E-state index contributed by atoms with van der Waals surface area (Å²) in [5, 5.41) is 8.42. The van der Waals surface area contributed by atoms with Crippen LogP contribution < -0.4 is 4.74 Å². The second kappa shape index (κ2) is 10.5. The van der Waals surface area contributed by atoms with Crippen molar-refractivity contribution in [3.8, 4) is 5.75 Å². The maximum absolute atomic E-state index is 12.6. The van der Waals surface area contributed by atoms with Gasteiger partial charge in [-0.2, -0.15) is 0 Å². The van der Waals surface area contributed by atoms with Crippen LogP contribution in [0.3, 0.4) is 0 Å². The van der Waals surface area contributed by atoms with Gasteiger partial charge in [-0.3, -0.25) is 4.79 Å². The molecule has 2 heterocycles. The average molecular weight is 438 g/mol. The van der Waals surface area contributed by atoms with Gasteiger partial charge in [0.1, 0.15) is 5.75 Å². The SMILES string of the molecule is Cc1cccc(OCc2nnc(SCC(=O)N3CCC(Cc4ccccc4)CC3)o2)c1. The topological polar surface area (TPSA) is 68.5 Å². The molecular weight excluding hydrogens is 410 g/mol. The van der Waals surface area contributed by atoms with E-state index >= 15 is 0 Å². The summed E-state index contributed by atoms with van der Waals surface area (Å²) in [5.74, 6) is 2.24. The van der Waals surface area contributed by atoms with E-state index in [1.165, 1.54) is 17.3 Å². The predicted octanol–water partition coefficient (Wildman–Crippen LogP) is 4.53. The summed E-state index contributed by atoms with van der Waals surface area (Å²) < 4.78 is 11.3. The van der Waals surface area contributed by atoms with Gasteiger partial charge in [0.15, 0.2) is 6.61 Å². The average Bonchev–Trinajstić information content (AvgIpc) is 3.25. The molecule has 162 valence electrons. The normalized spacial score (nSPS) is 14.5. The summed E-state index contributed by atoms with van der Waals surface area (Å²) in [7, 11) is 0. The van der Waals surface area contributed by atoms with Crippen LogP contribution in [-0.4, -0.2) is 39.8 Å². The molecule has 0 N–H and O–H groups in total. The van der Waals surface area contributed by atoms with E-state index in [-0.39, 0.29) is 12.5 Å².